The number of rotatable bonds is 14. The van der Waals surface area contributed by atoms with Crippen LogP contribution in [0.15, 0.2) is 72.8 Å². The Kier molecular flexibility index (Phi) is 10.5. The minimum Gasteiger partial charge on any atom is -0.494 e. The summed E-state index contributed by atoms with van der Waals surface area (Å²) in [6, 6.07) is 17.3. The molecule has 0 atom stereocenters. The maximum atomic E-state index is 14.3. The Morgan fingerprint density at radius 3 is 2.02 bits per heavy atom. The molecule has 1 amide bonds. The molecule has 0 unspecified atom stereocenters. The maximum Gasteiger partial charge on any atom is 0.411 e. The van der Waals surface area contributed by atoms with E-state index in [1.165, 1.54) is 43.9 Å². The highest BCUT2D eigenvalue weighted by atomic mass is 31.2. The van der Waals surface area contributed by atoms with E-state index in [9.17, 15) is 26.9 Å². The van der Waals surface area contributed by atoms with Crippen molar-refractivity contribution < 1.29 is 41.4 Å². The van der Waals surface area contributed by atoms with Crippen molar-refractivity contribution in [3.8, 4) is 16.9 Å². The molecule has 3 N–H and O–H groups in total. The fourth-order valence-electron chi connectivity index (χ4n) is 3.98. The summed E-state index contributed by atoms with van der Waals surface area (Å²) in [4.78, 5) is 30.0. The molecular formula is C29H32F4NO5P. The summed E-state index contributed by atoms with van der Waals surface area (Å²) < 4.78 is 72.8. The van der Waals surface area contributed by atoms with Gasteiger partial charge in [-0.3, -0.25) is 9.36 Å². The summed E-state index contributed by atoms with van der Waals surface area (Å²) in [7, 11) is -6.47. The van der Waals surface area contributed by atoms with Gasteiger partial charge in [-0.1, -0.05) is 75.4 Å². The number of unbranched alkanes of at least 4 members (excludes halogenated alkanes) is 5. The van der Waals surface area contributed by atoms with E-state index in [-0.39, 0.29) is 11.3 Å². The number of amides is 1. The summed E-state index contributed by atoms with van der Waals surface area (Å²) in [5.41, 5.74) is -5.34. The zero-order chi connectivity index (χ0) is 29.4. The van der Waals surface area contributed by atoms with Crippen LogP contribution >= 0.6 is 7.60 Å². The van der Waals surface area contributed by atoms with Crippen molar-refractivity contribution >= 4 is 19.2 Å². The zero-order valence-corrected chi connectivity index (χ0v) is 22.9. The van der Waals surface area contributed by atoms with E-state index < -0.39 is 30.7 Å². The van der Waals surface area contributed by atoms with Gasteiger partial charge in [-0.25, -0.2) is 0 Å². The molecule has 216 valence electrons. The Bertz CT molecular complexity index is 1310. The van der Waals surface area contributed by atoms with Crippen LogP contribution in [0.3, 0.4) is 0 Å². The van der Waals surface area contributed by atoms with Gasteiger partial charge in [0, 0.05) is 16.8 Å². The summed E-state index contributed by atoms with van der Waals surface area (Å²) >= 11 is 0. The highest BCUT2D eigenvalue weighted by Gasteiger charge is 2.68. The van der Waals surface area contributed by atoms with Crippen molar-refractivity contribution in [1.29, 1.82) is 0 Å². The molecule has 0 aliphatic rings. The summed E-state index contributed by atoms with van der Waals surface area (Å²) in [5.74, 6) is -5.10. The number of halogens is 4. The number of carbonyl (C=O) groups is 1. The third-order valence-electron chi connectivity index (χ3n) is 6.33. The number of nitrogens with one attached hydrogen (secondary N) is 1. The minimum absolute atomic E-state index is 0.181. The van der Waals surface area contributed by atoms with Gasteiger partial charge in [0.15, 0.2) is 0 Å². The second kappa shape index (κ2) is 13.4. The van der Waals surface area contributed by atoms with E-state index in [0.29, 0.717) is 18.7 Å². The smallest absolute Gasteiger partial charge is 0.411 e. The number of benzene rings is 3. The first-order valence-electron chi connectivity index (χ1n) is 12.9. The van der Waals surface area contributed by atoms with Crippen LogP contribution in [-0.4, -0.2) is 28.0 Å². The van der Waals surface area contributed by atoms with Crippen LogP contribution in [0.25, 0.3) is 11.1 Å². The van der Waals surface area contributed by atoms with Crippen molar-refractivity contribution in [2.75, 3.05) is 11.9 Å². The first-order chi connectivity index (χ1) is 18.9. The Balaban J connectivity index is 1.60. The van der Waals surface area contributed by atoms with Crippen molar-refractivity contribution in [2.45, 2.75) is 57.0 Å². The zero-order valence-electron chi connectivity index (χ0n) is 22.0. The first-order valence-corrected chi connectivity index (χ1v) is 14.5. The number of ether oxygens (including phenoxy) is 1. The molecule has 3 aromatic rings. The monoisotopic (exact) mass is 581 g/mol. The highest BCUT2D eigenvalue weighted by Crippen LogP contribution is 2.63. The summed E-state index contributed by atoms with van der Waals surface area (Å²) in [6.07, 6.45) is 7.08. The lowest BCUT2D eigenvalue weighted by atomic mass is 10.0. The minimum atomic E-state index is -6.47. The van der Waals surface area contributed by atoms with Gasteiger partial charge in [-0.15, -0.1) is 0 Å². The van der Waals surface area contributed by atoms with Crippen molar-refractivity contribution in [2.24, 2.45) is 0 Å². The van der Waals surface area contributed by atoms with E-state index in [2.05, 4.69) is 12.2 Å². The summed E-state index contributed by atoms with van der Waals surface area (Å²) in [6.45, 7) is 2.84. The van der Waals surface area contributed by atoms with Gasteiger partial charge in [0.1, 0.15) is 5.75 Å². The van der Waals surface area contributed by atoms with Gasteiger partial charge in [0.05, 0.1) is 6.61 Å². The molecule has 0 aliphatic heterocycles. The van der Waals surface area contributed by atoms with Gasteiger partial charge in [0.2, 0.25) is 0 Å². The number of carbonyl (C=O) groups excluding carboxylic acids is 1. The van der Waals surface area contributed by atoms with Crippen LogP contribution < -0.4 is 10.1 Å². The Hall–Kier alpha value is -3.20. The molecule has 0 fully saturated rings. The van der Waals surface area contributed by atoms with E-state index in [4.69, 9.17) is 14.5 Å². The molecule has 0 bridgehead atoms. The lowest BCUT2D eigenvalue weighted by molar-refractivity contribution is -0.174. The average molecular weight is 582 g/mol. The van der Waals surface area contributed by atoms with Crippen molar-refractivity contribution in [1.82, 2.24) is 0 Å². The lowest BCUT2D eigenvalue weighted by Crippen LogP contribution is -2.37. The normalized spacial score (nSPS) is 12.3. The number of hydrogen-bond donors (Lipinski definition) is 3. The second-order valence-electron chi connectivity index (χ2n) is 9.41. The van der Waals surface area contributed by atoms with E-state index >= 15 is 0 Å². The predicted octanol–water partition coefficient (Wildman–Crippen LogP) is 8.21. The van der Waals surface area contributed by atoms with Gasteiger partial charge < -0.3 is 19.8 Å². The van der Waals surface area contributed by atoms with E-state index in [0.717, 1.165) is 35.8 Å². The Morgan fingerprint density at radius 1 is 0.850 bits per heavy atom. The molecule has 0 spiro atoms. The van der Waals surface area contributed by atoms with Gasteiger partial charge in [0.25, 0.3) is 5.91 Å². The molecule has 0 radical (unpaired) electrons. The number of alkyl halides is 4. The lowest BCUT2D eigenvalue weighted by Gasteiger charge is -2.27. The van der Waals surface area contributed by atoms with Crippen molar-refractivity contribution in [3.05, 3.63) is 83.9 Å². The van der Waals surface area contributed by atoms with Crippen LogP contribution in [0.1, 0.15) is 61.4 Å². The van der Waals surface area contributed by atoms with Gasteiger partial charge >= 0.3 is 19.2 Å². The van der Waals surface area contributed by atoms with Gasteiger partial charge in [-0.05, 0) is 53.9 Å². The number of hydrogen-bond acceptors (Lipinski definition) is 3. The third kappa shape index (κ3) is 7.71. The molecule has 40 heavy (non-hydrogen) atoms. The molecule has 0 saturated carbocycles. The van der Waals surface area contributed by atoms with Crippen LogP contribution in [0.4, 0.5) is 23.2 Å². The number of anilines is 1. The third-order valence-corrected chi connectivity index (χ3v) is 7.34. The quantitative estimate of drug-likeness (QED) is 0.101. The second-order valence-corrected chi connectivity index (χ2v) is 11.1. The Morgan fingerprint density at radius 2 is 1.43 bits per heavy atom. The van der Waals surface area contributed by atoms with E-state index in [1.54, 1.807) is 12.1 Å². The standard InChI is InChI=1S/C29H32F4NO5P/c1-2-3-4-5-6-7-19-39-26-17-15-22(16-18-26)21-11-13-23(14-12-21)27(35)34-25-10-8-9-24(20-25)28(30,31)29(32,33)40(36,37)38/h8-18,20H,2-7,19H2,1H3,(H,34,35)(H2,36,37,38). The topological polar surface area (TPSA) is 95.9 Å². The molecule has 3 rings (SSSR count). The molecule has 0 aliphatic carbocycles. The first kappa shape index (κ1) is 31.3. The fourth-order valence-corrected chi connectivity index (χ4v) is 4.48. The largest absolute Gasteiger partial charge is 0.494 e. The molecule has 3 aromatic carbocycles. The SMILES string of the molecule is CCCCCCCCOc1ccc(-c2ccc(C(=O)Nc3cccc(C(F)(F)C(F)(F)P(=O)(O)O)c3)cc2)cc1. The van der Waals surface area contributed by atoms with E-state index in [1.807, 2.05) is 24.3 Å². The van der Waals surface area contributed by atoms with Crippen molar-refractivity contribution in [3.63, 3.8) is 0 Å². The van der Waals surface area contributed by atoms with Crippen LogP contribution in [-0.2, 0) is 10.5 Å². The molecule has 6 nitrogen and oxygen atoms in total. The van der Waals surface area contributed by atoms with Crippen LogP contribution in [0.5, 0.6) is 5.75 Å². The Labute approximate surface area is 230 Å². The molecule has 0 saturated heterocycles. The predicted molar refractivity (Wildman–Crippen MR) is 146 cm³/mol. The summed E-state index contributed by atoms with van der Waals surface area (Å²) in [5, 5.41) is 2.34. The van der Waals surface area contributed by atoms with Crippen LogP contribution in [0, 0.1) is 0 Å². The molecule has 0 aromatic heterocycles. The molecular weight excluding hydrogens is 549 g/mol. The average Bonchev–Trinajstić information content (AvgIpc) is 2.92. The maximum absolute atomic E-state index is 14.3. The molecule has 11 heteroatoms. The molecule has 0 heterocycles. The van der Waals surface area contributed by atoms with Crippen LogP contribution in [0.2, 0.25) is 0 Å². The highest BCUT2D eigenvalue weighted by molar-refractivity contribution is 7.53. The van der Waals surface area contributed by atoms with Gasteiger partial charge in [-0.2, -0.15) is 17.6 Å². The fraction of sp³-hybridized carbons (Fsp3) is 0.345.